The lowest BCUT2D eigenvalue weighted by Crippen LogP contribution is -2.49. The molecule has 4 heteroatoms. The van der Waals surface area contributed by atoms with Gasteiger partial charge in [0.2, 0.25) is 5.91 Å². The minimum Gasteiger partial charge on any atom is -0.497 e. The van der Waals surface area contributed by atoms with Crippen molar-refractivity contribution in [3.05, 3.63) is 54.1 Å². The number of amides is 1. The Bertz CT molecular complexity index is 693. The molecule has 0 aromatic heterocycles. The van der Waals surface area contributed by atoms with Crippen LogP contribution in [-0.4, -0.2) is 26.1 Å². The zero-order valence-corrected chi connectivity index (χ0v) is 14.2. The van der Waals surface area contributed by atoms with Crippen molar-refractivity contribution >= 4 is 5.91 Å². The monoisotopic (exact) mass is 324 g/mol. The van der Waals surface area contributed by atoms with Gasteiger partial charge in [-0.2, -0.15) is 0 Å². The number of methoxy groups -OCH3 is 1. The normalized spacial score (nSPS) is 15.4. The molecule has 2 N–H and O–H groups in total. The van der Waals surface area contributed by atoms with E-state index in [1.807, 2.05) is 25.1 Å². The van der Waals surface area contributed by atoms with Gasteiger partial charge in [-0.3, -0.25) is 4.79 Å². The molecule has 0 spiro atoms. The van der Waals surface area contributed by atoms with Crippen LogP contribution in [-0.2, 0) is 11.3 Å². The summed E-state index contributed by atoms with van der Waals surface area (Å²) in [7, 11) is 1.67. The molecule has 1 fully saturated rings. The van der Waals surface area contributed by atoms with Gasteiger partial charge in [0.15, 0.2) is 0 Å². The van der Waals surface area contributed by atoms with Gasteiger partial charge in [0.1, 0.15) is 5.75 Å². The summed E-state index contributed by atoms with van der Waals surface area (Å²) in [5.41, 5.74) is 3.36. The van der Waals surface area contributed by atoms with Crippen molar-refractivity contribution in [2.75, 3.05) is 20.2 Å². The first-order chi connectivity index (χ1) is 11.7. The molecule has 2 aromatic carbocycles. The fourth-order valence-corrected chi connectivity index (χ4v) is 2.85. The van der Waals surface area contributed by atoms with Crippen LogP contribution < -0.4 is 15.4 Å². The van der Waals surface area contributed by atoms with E-state index in [-0.39, 0.29) is 11.8 Å². The predicted molar refractivity (Wildman–Crippen MR) is 95.8 cm³/mol. The van der Waals surface area contributed by atoms with E-state index in [4.69, 9.17) is 4.74 Å². The molecular weight excluding hydrogens is 300 g/mol. The number of benzene rings is 2. The second kappa shape index (κ2) is 7.49. The molecule has 1 amide bonds. The number of hydrogen-bond donors (Lipinski definition) is 2. The molecule has 1 saturated heterocycles. The van der Waals surface area contributed by atoms with Crippen LogP contribution in [0.1, 0.15) is 12.5 Å². The summed E-state index contributed by atoms with van der Waals surface area (Å²) < 4.78 is 5.27. The maximum atomic E-state index is 12.2. The lowest BCUT2D eigenvalue weighted by Gasteiger charge is -2.31. The molecular formula is C20H24N2O2. The van der Waals surface area contributed by atoms with Crippen LogP contribution in [0.2, 0.25) is 0 Å². The van der Waals surface area contributed by atoms with Crippen molar-refractivity contribution < 1.29 is 9.53 Å². The van der Waals surface area contributed by atoms with Crippen LogP contribution in [0.3, 0.4) is 0 Å². The zero-order chi connectivity index (χ0) is 16.9. The number of ether oxygens (including phenoxy) is 1. The van der Waals surface area contributed by atoms with Gasteiger partial charge < -0.3 is 15.4 Å². The van der Waals surface area contributed by atoms with Crippen molar-refractivity contribution in [2.24, 2.45) is 11.8 Å². The SMILES string of the molecule is COc1cccc(-c2ccc(CNC(=O)C(C)C3CNC3)cc2)c1. The van der Waals surface area contributed by atoms with Gasteiger partial charge in [0, 0.05) is 12.5 Å². The van der Waals surface area contributed by atoms with E-state index in [1.165, 1.54) is 0 Å². The third-order valence-electron chi connectivity index (χ3n) is 4.76. The van der Waals surface area contributed by atoms with Gasteiger partial charge in [-0.1, -0.05) is 43.3 Å². The Hall–Kier alpha value is -2.33. The van der Waals surface area contributed by atoms with Crippen LogP contribution in [0, 0.1) is 11.8 Å². The Morgan fingerprint density at radius 3 is 2.58 bits per heavy atom. The standard InChI is InChI=1S/C20H24N2O2/c1-14(18-12-21-13-18)20(23)22-11-15-6-8-16(9-7-15)17-4-3-5-19(10-17)24-2/h3-10,14,18,21H,11-13H2,1-2H3,(H,22,23). The van der Waals surface area contributed by atoms with Crippen molar-refractivity contribution in [2.45, 2.75) is 13.5 Å². The lowest BCUT2D eigenvalue weighted by atomic mass is 9.88. The zero-order valence-electron chi connectivity index (χ0n) is 14.2. The smallest absolute Gasteiger partial charge is 0.223 e. The van der Waals surface area contributed by atoms with Crippen LogP contribution in [0.15, 0.2) is 48.5 Å². The third-order valence-corrected chi connectivity index (χ3v) is 4.76. The number of carbonyl (C=O) groups excluding carboxylic acids is 1. The van der Waals surface area contributed by atoms with E-state index in [0.29, 0.717) is 12.5 Å². The quantitative estimate of drug-likeness (QED) is 0.859. The predicted octanol–water partition coefficient (Wildman–Crippen LogP) is 2.83. The van der Waals surface area contributed by atoms with Crippen molar-refractivity contribution in [3.8, 4) is 16.9 Å². The molecule has 4 nitrogen and oxygen atoms in total. The third kappa shape index (κ3) is 3.77. The van der Waals surface area contributed by atoms with Crippen molar-refractivity contribution in [1.82, 2.24) is 10.6 Å². The summed E-state index contributed by atoms with van der Waals surface area (Å²) in [5, 5.41) is 6.25. The molecule has 1 unspecified atom stereocenters. The van der Waals surface area contributed by atoms with Crippen LogP contribution in [0.25, 0.3) is 11.1 Å². The number of nitrogens with one attached hydrogen (secondary N) is 2. The van der Waals surface area contributed by atoms with E-state index < -0.39 is 0 Å². The lowest BCUT2D eigenvalue weighted by molar-refractivity contribution is -0.126. The largest absolute Gasteiger partial charge is 0.497 e. The fourth-order valence-electron chi connectivity index (χ4n) is 2.85. The highest BCUT2D eigenvalue weighted by atomic mass is 16.5. The molecule has 0 saturated carbocycles. The molecule has 1 aliphatic rings. The number of carbonyl (C=O) groups is 1. The minimum absolute atomic E-state index is 0.0716. The Balaban J connectivity index is 1.59. The average Bonchev–Trinajstić information content (AvgIpc) is 2.58. The summed E-state index contributed by atoms with van der Waals surface area (Å²) in [6.07, 6.45) is 0. The second-order valence-electron chi connectivity index (χ2n) is 6.35. The highest BCUT2D eigenvalue weighted by Gasteiger charge is 2.28. The van der Waals surface area contributed by atoms with E-state index in [2.05, 4.69) is 41.0 Å². The summed E-state index contributed by atoms with van der Waals surface area (Å²) in [5.74, 6) is 1.53. The average molecular weight is 324 g/mol. The van der Waals surface area contributed by atoms with Gasteiger partial charge in [-0.25, -0.2) is 0 Å². The van der Waals surface area contributed by atoms with Gasteiger partial charge >= 0.3 is 0 Å². The summed E-state index contributed by atoms with van der Waals surface area (Å²) in [6, 6.07) is 16.3. The van der Waals surface area contributed by atoms with E-state index in [0.717, 1.165) is 35.5 Å². The minimum atomic E-state index is 0.0716. The molecule has 0 aliphatic carbocycles. The topological polar surface area (TPSA) is 50.4 Å². The van der Waals surface area contributed by atoms with Gasteiger partial charge in [-0.05, 0) is 47.8 Å². The van der Waals surface area contributed by atoms with Crippen LogP contribution in [0.5, 0.6) is 5.75 Å². The summed E-state index contributed by atoms with van der Waals surface area (Å²) >= 11 is 0. The first-order valence-corrected chi connectivity index (χ1v) is 8.39. The van der Waals surface area contributed by atoms with E-state index >= 15 is 0 Å². The summed E-state index contributed by atoms with van der Waals surface area (Å²) in [6.45, 7) is 4.47. The fraction of sp³-hybridized carbons (Fsp3) is 0.350. The number of rotatable bonds is 6. The first kappa shape index (κ1) is 16.5. The Morgan fingerprint density at radius 2 is 1.96 bits per heavy atom. The molecule has 1 heterocycles. The molecule has 3 rings (SSSR count). The van der Waals surface area contributed by atoms with Crippen LogP contribution in [0.4, 0.5) is 0 Å². The molecule has 126 valence electrons. The molecule has 24 heavy (non-hydrogen) atoms. The maximum absolute atomic E-state index is 12.2. The highest BCUT2D eigenvalue weighted by Crippen LogP contribution is 2.24. The highest BCUT2D eigenvalue weighted by molar-refractivity contribution is 5.78. The van der Waals surface area contributed by atoms with E-state index in [1.54, 1.807) is 7.11 Å². The Kier molecular flexibility index (Phi) is 5.16. The van der Waals surface area contributed by atoms with Crippen molar-refractivity contribution in [3.63, 3.8) is 0 Å². The molecule has 2 aromatic rings. The first-order valence-electron chi connectivity index (χ1n) is 8.39. The maximum Gasteiger partial charge on any atom is 0.223 e. The molecule has 1 aliphatic heterocycles. The second-order valence-corrected chi connectivity index (χ2v) is 6.35. The molecule has 0 radical (unpaired) electrons. The molecule has 1 atom stereocenters. The van der Waals surface area contributed by atoms with Crippen LogP contribution >= 0.6 is 0 Å². The van der Waals surface area contributed by atoms with E-state index in [9.17, 15) is 4.79 Å². The van der Waals surface area contributed by atoms with Gasteiger partial charge in [0.25, 0.3) is 0 Å². The van der Waals surface area contributed by atoms with Gasteiger partial charge in [-0.15, -0.1) is 0 Å². The Morgan fingerprint density at radius 1 is 1.21 bits per heavy atom. The van der Waals surface area contributed by atoms with Gasteiger partial charge in [0.05, 0.1) is 7.11 Å². The van der Waals surface area contributed by atoms with Crippen molar-refractivity contribution in [1.29, 1.82) is 0 Å². The number of hydrogen-bond acceptors (Lipinski definition) is 3. The summed E-state index contributed by atoms with van der Waals surface area (Å²) in [4.78, 5) is 12.2. The Labute approximate surface area is 143 Å². The molecule has 0 bridgehead atoms.